The van der Waals surface area contributed by atoms with Crippen LogP contribution in [0.25, 0.3) is 0 Å². The van der Waals surface area contributed by atoms with Crippen molar-refractivity contribution in [3.8, 4) is 0 Å². The lowest BCUT2D eigenvalue weighted by atomic mass is 10.1. The molecule has 7 nitrogen and oxygen atoms in total. The molecule has 0 aromatic heterocycles. The number of ether oxygens (including phenoxy) is 1. The first-order chi connectivity index (χ1) is 9.49. The predicted molar refractivity (Wildman–Crippen MR) is 70.1 cm³/mol. The van der Waals surface area contributed by atoms with Gasteiger partial charge in [-0.25, -0.2) is 0 Å². The minimum absolute atomic E-state index is 0.0874. The second kappa shape index (κ2) is 5.68. The minimum Gasteiger partial charge on any atom is -0.455 e. The van der Waals surface area contributed by atoms with Crippen molar-refractivity contribution in [2.75, 3.05) is 11.9 Å². The highest BCUT2D eigenvalue weighted by molar-refractivity contribution is 5.95. The Hall–Kier alpha value is -2.44. The van der Waals surface area contributed by atoms with E-state index in [1.807, 2.05) is 0 Å². The van der Waals surface area contributed by atoms with E-state index in [1.165, 1.54) is 12.1 Å². The molecule has 1 amide bonds. The molecule has 106 valence electrons. The van der Waals surface area contributed by atoms with E-state index in [2.05, 4.69) is 5.32 Å². The van der Waals surface area contributed by atoms with Crippen LogP contribution in [0.4, 0.5) is 11.4 Å². The normalized spacial score (nSPS) is 13.7. The molecule has 0 spiro atoms. The standard InChI is InChI=1S/C13H14N2O5/c1-8-3-2-4-10(15(18)19)12(8)14-11(16)7-20-13(17)9-5-6-9/h2-4,9H,5-7H2,1H3,(H,14,16). The lowest BCUT2D eigenvalue weighted by Crippen LogP contribution is -2.22. The molecule has 20 heavy (non-hydrogen) atoms. The average Bonchev–Trinajstić information content (AvgIpc) is 3.22. The summed E-state index contributed by atoms with van der Waals surface area (Å²) in [5, 5.41) is 13.3. The van der Waals surface area contributed by atoms with Crippen molar-refractivity contribution < 1.29 is 19.2 Å². The number of rotatable bonds is 5. The summed E-state index contributed by atoms with van der Waals surface area (Å²) in [5.74, 6) is -1.06. The summed E-state index contributed by atoms with van der Waals surface area (Å²) >= 11 is 0. The van der Waals surface area contributed by atoms with Crippen molar-refractivity contribution in [1.29, 1.82) is 0 Å². The number of benzene rings is 1. The van der Waals surface area contributed by atoms with E-state index in [0.29, 0.717) is 5.56 Å². The van der Waals surface area contributed by atoms with Gasteiger partial charge < -0.3 is 10.1 Å². The van der Waals surface area contributed by atoms with Crippen LogP contribution in [0.2, 0.25) is 0 Å². The number of carbonyl (C=O) groups is 2. The zero-order valence-electron chi connectivity index (χ0n) is 10.9. The summed E-state index contributed by atoms with van der Waals surface area (Å²) in [6.07, 6.45) is 1.59. The molecule has 1 aliphatic carbocycles. The summed E-state index contributed by atoms with van der Waals surface area (Å²) in [6.45, 7) is 1.22. The van der Waals surface area contributed by atoms with E-state index in [4.69, 9.17) is 4.74 Å². The van der Waals surface area contributed by atoms with Crippen LogP contribution in [0.3, 0.4) is 0 Å². The molecule has 0 saturated heterocycles. The lowest BCUT2D eigenvalue weighted by molar-refractivity contribution is -0.384. The highest BCUT2D eigenvalue weighted by Crippen LogP contribution is 2.30. The van der Waals surface area contributed by atoms with Crippen LogP contribution in [-0.4, -0.2) is 23.4 Å². The Bertz CT molecular complexity index is 566. The number of anilines is 1. The minimum atomic E-state index is -0.587. The fraction of sp³-hybridized carbons (Fsp3) is 0.385. The molecule has 2 rings (SSSR count). The maximum Gasteiger partial charge on any atom is 0.309 e. The van der Waals surface area contributed by atoms with Gasteiger partial charge in [-0.05, 0) is 25.3 Å². The van der Waals surface area contributed by atoms with Crippen LogP contribution in [0.1, 0.15) is 18.4 Å². The van der Waals surface area contributed by atoms with E-state index in [0.717, 1.165) is 12.8 Å². The van der Waals surface area contributed by atoms with Crippen molar-refractivity contribution in [2.24, 2.45) is 5.92 Å². The second-order valence-corrected chi connectivity index (χ2v) is 4.66. The van der Waals surface area contributed by atoms with Gasteiger partial charge in [0.25, 0.3) is 11.6 Å². The Morgan fingerprint density at radius 2 is 2.15 bits per heavy atom. The summed E-state index contributed by atoms with van der Waals surface area (Å²) in [7, 11) is 0. The molecule has 1 N–H and O–H groups in total. The third-order valence-electron chi connectivity index (χ3n) is 2.97. The van der Waals surface area contributed by atoms with Crippen LogP contribution in [-0.2, 0) is 14.3 Å². The Morgan fingerprint density at radius 1 is 1.45 bits per heavy atom. The van der Waals surface area contributed by atoms with E-state index in [-0.39, 0.29) is 23.3 Å². The van der Waals surface area contributed by atoms with Gasteiger partial charge in [-0.15, -0.1) is 0 Å². The summed E-state index contributed by atoms with van der Waals surface area (Å²) in [6, 6.07) is 4.49. The van der Waals surface area contributed by atoms with Crippen LogP contribution in [0.5, 0.6) is 0 Å². The highest BCUT2D eigenvalue weighted by atomic mass is 16.6. The van der Waals surface area contributed by atoms with E-state index < -0.39 is 17.4 Å². The Kier molecular flexibility index (Phi) is 3.97. The average molecular weight is 278 g/mol. The van der Waals surface area contributed by atoms with Crippen molar-refractivity contribution in [3.63, 3.8) is 0 Å². The van der Waals surface area contributed by atoms with Crippen LogP contribution in [0, 0.1) is 23.0 Å². The molecule has 1 fully saturated rings. The molecule has 0 atom stereocenters. The van der Waals surface area contributed by atoms with Gasteiger partial charge in [-0.3, -0.25) is 19.7 Å². The molecule has 1 saturated carbocycles. The van der Waals surface area contributed by atoms with Gasteiger partial charge in [-0.2, -0.15) is 0 Å². The number of hydrogen-bond acceptors (Lipinski definition) is 5. The molecule has 1 aliphatic rings. The topological polar surface area (TPSA) is 98.5 Å². The molecule has 0 aliphatic heterocycles. The lowest BCUT2D eigenvalue weighted by Gasteiger charge is -2.09. The maximum atomic E-state index is 11.7. The molecule has 0 radical (unpaired) electrons. The van der Waals surface area contributed by atoms with Gasteiger partial charge in [-0.1, -0.05) is 12.1 Å². The molecule has 0 bridgehead atoms. The molecule has 1 aromatic carbocycles. The number of nitro groups is 1. The first-order valence-electron chi connectivity index (χ1n) is 6.19. The smallest absolute Gasteiger partial charge is 0.309 e. The second-order valence-electron chi connectivity index (χ2n) is 4.66. The van der Waals surface area contributed by atoms with Crippen molar-refractivity contribution in [1.82, 2.24) is 0 Å². The number of amides is 1. The zero-order valence-corrected chi connectivity index (χ0v) is 10.9. The van der Waals surface area contributed by atoms with E-state index in [1.54, 1.807) is 13.0 Å². The van der Waals surface area contributed by atoms with Crippen molar-refractivity contribution in [3.05, 3.63) is 33.9 Å². The summed E-state index contributed by atoms with van der Waals surface area (Å²) in [5.41, 5.74) is 0.512. The SMILES string of the molecule is Cc1cccc([N+](=O)[O-])c1NC(=O)COC(=O)C1CC1. The van der Waals surface area contributed by atoms with Gasteiger partial charge in [0.1, 0.15) is 5.69 Å². The van der Waals surface area contributed by atoms with Gasteiger partial charge in [0, 0.05) is 6.07 Å². The monoisotopic (exact) mass is 278 g/mol. The van der Waals surface area contributed by atoms with Crippen LogP contribution < -0.4 is 5.32 Å². The predicted octanol–water partition coefficient (Wildman–Crippen LogP) is 1.79. The molecule has 1 aromatic rings. The molecule has 0 unspecified atom stereocenters. The number of nitrogens with zero attached hydrogens (tertiary/aromatic N) is 1. The number of nitro benzene ring substituents is 1. The first kappa shape index (κ1) is 14.0. The van der Waals surface area contributed by atoms with Crippen molar-refractivity contribution in [2.45, 2.75) is 19.8 Å². The van der Waals surface area contributed by atoms with Crippen LogP contribution >= 0.6 is 0 Å². The zero-order chi connectivity index (χ0) is 14.7. The fourth-order valence-electron chi connectivity index (χ4n) is 1.72. The number of esters is 1. The highest BCUT2D eigenvalue weighted by Gasteiger charge is 2.31. The van der Waals surface area contributed by atoms with Gasteiger partial charge in [0.15, 0.2) is 6.61 Å². The molecular formula is C13H14N2O5. The maximum absolute atomic E-state index is 11.7. The quantitative estimate of drug-likeness (QED) is 0.503. The van der Waals surface area contributed by atoms with E-state index >= 15 is 0 Å². The molecule has 7 heteroatoms. The third kappa shape index (κ3) is 3.31. The summed E-state index contributed by atoms with van der Waals surface area (Å²) < 4.78 is 4.82. The summed E-state index contributed by atoms with van der Waals surface area (Å²) in [4.78, 5) is 33.3. The molecule has 0 heterocycles. The third-order valence-corrected chi connectivity index (χ3v) is 2.97. The van der Waals surface area contributed by atoms with Gasteiger partial charge in [0.2, 0.25) is 0 Å². The Morgan fingerprint density at radius 3 is 2.75 bits per heavy atom. The van der Waals surface area contributed by atoms with Gasteiger partial charge >= 0.3 is 5.97 Å². The number of nitrogens with one attached hydrogen (secondary N) is 1. The number of carbonyl (C=O) groups excluding carboxylic acids is 2. The number of aryl methyl sites for hydroxylation is 1. The van der Waals surface area contributed by atoms with Crippen molar-refractivity contribution >= 4 is 23.3 Å². The fourth-order valence-corrected chi connectivity index (χ4v) is 1.72. The Labute approximate surface area is 115 Å². The van der Waals surface area contributed by atoms with Crippen LogP contribution in [0.15, 0.2) is 18.2 Å². The first-order valence-corrected chi connectivity index (χ1v) is 6.19. The number of para-hydroxylation sites is 1. The number of hydrogen-bond donors (Lipinski definition) is 1. The largest absolute Gasteiger partial charge is 0.455 e. The Balaban J connectivity index is 1.99. The molecular weight excluding hydrogens is 264 g/mol. The van der Waals surface area contributed by atoms with E-state index in [9.17, 15) is 19.7 Å². The van der Waals surface area contributed by atoms with Gasteiger partial charge in [0.05, 0.1) is 10.8 Å².